The molecule has 3 aliphatic rings. The SMILES string of the molecule is COc1ccc(C(=O)[C@H]2[C@@H](C(=O)c3ccc(OC)c(OC)c3)[C@@]3(C(=O)Nc4ccccc43)[C@H]3c4ccccc4C=CN23)cc1Br. The fourth-order valence-electron chi connectivity index (χ4n) is 7.33. The Bertz CT molecular complexity index is 1920. The van der Waals surface area contributed by atoms with Crippen LogP contribution in [0.15, 0.2) is 95.6 Å². The van der Waals surface area contributed by atoms with Gasteiger partial charge in [0.2, 0.25) is 5.91 Å². The van der Waals surface area contributed by atoms with Crippen LogP contribution in [0.25, 0.3) is 6.08 Å². The van der Waals surface area contributed by atoms with Crippen LogP contribution in [0.1, 0.15) is 43.4 Å². The third-order valence-electron chi connectivity index (χ3n) is 9.23. The summed E-state index contributed by atoms with van der Waals surface area (Å²) in [4.78, 5) is 46.5. The second-order valence-corrected chi connectivity index (χ2v) is 12.1. The molecule has 1 N–H and O–H groups in total. The van der Waals surface area contributed by atoms with Gasteiger partial charge in [-0.15, -0.1) is 0 Å². The average molecular weight is 666 g/mol. The summed E-state index contributed by atoms with van der Waals surface area (Å²) in [6.45, 7) is 0. The summed E-state index contributed by atoms with van der Waals surface area (Å²) in [5, 5.41) is 3.07. The summed E-state index contributed by atoms with van der Waals surface area (Å²) in [6.07, 6.45) is 3.79. The van der Waals surface area contributed by atoms with E-state index in [1.165, 1.54) is 14.2 Å². The molecule has 7 rings (SSSR count). The van der Waals surface area contributed by atoms with E-state index in [0.717, 1.165) is 11.1 Å². The smallest absolute Gasteiger partial charge is 0.238 e. The Balaban J connectivity index is 1.51. The van der Waals surface area contributed by atoms with E-state index in [4.69, 9.17) is 14.2 Å². The number of ketones is 2. The summed E-state index contributed by atoms with van der Waals surface area (Å²) < 4.78 is 17.0. The molecule has 1 fully saturated rings. The fourth-order valence-corrected chi connectivity index (χ4v) is 7.87. The molecule has 4 aromatic carbocycles. The van der Waals surface area contributed by atoms with Crippen LogP contribution >= 0.6 is 15.9 Å². The topological polar surface area (TPSA) is 94.2 Å². The van der Waals surface area contributed by atoms with Gasteiger partial charge in [0, 0.05) is 23.0 Å². The Hall–Kier alpha value is -4.89. The molecule has 9 heteroatoms. The number of hydrogen-bond acceptors (Lipinski definition) is 7. The molecule has 4 atom stereocenters. The highest BCUT2D eigenvalue weighted by molar-refractivity contribution is 9.10. The second-order valence-electron chi connectivity index (χ2n) is 11.2. The molecule has 1 saturated heterocycles. The lowest BCUT2D eigenvalue weighted by Crippen LogP contribution is -2.49. The molecule has 1 amide bonds. The predicted molar refractivity (Wildman–Crippen MR) is 173 cm³/mol. The number of carbonyl (C=O) groups is 3. The minimum absolute atomic E-state index is 0.291. The number of hydrogen-bond donors (Lipinski definition) is 1. The van der Waals surface area contributed by atoms with Gasteiger partial charge in [0.15, 0.2) is 23.1 Å². The number of rotatable bonds is 7. The molecule has 0 bridgehead atoms. The number of nitrogens with one attached hydrogen (secondary N) is 1. The zero-order valence-electron chi connectivity index (χ0n) is 24.7. The molecular weight excluding hydrogens is 636 g/mol. The van der Waals surface area contributed by atoms with E-state index < -0.39 is 23.4 Å². The maximum absolute atomic E-state index is 15.1. The number of fused-ring (bicyclic) bond motifs is 6. The third-order valence-corrected chi connectivity index (χ3v) is 9.85. The minimum Gasteiger partial charge on any atom is -0.496 e. The number of ether oxygens (including phenoxy) is 3. The van der Waals surface area contributed by atoms with Crippen molar-refractivity contribution < 1.29 is 28.6 Å². The van der Waals surface area contributed by atoms with Crippen LogP contribution in [-0.4, -0.2) is 49.7 Å². The summed E-state index contributed by atoms with van der Waals surface area (Å²) in [5.41, 5.74) is 2.34. The number of carbonyl (C=O) groups excluding carboxylic acids is 3. The Morgan fingerprint density at radius 3 is 2.20 bits per heavy atom. The number of anilines is 1. The molecule has 0 aliphatic carbocycles. The number of methoxy groups -OCH3 is 3. The van der Waals surface area contributed by atoms with Gasteiger partial charge in [0.1, 0.15) is 17.2 Å². The van der Waals surface area contributed by atoms with Crippen LogP contribution in [0, 0.1) is 5.92 Å². The fraction of sp³-hybridized carbons (Fsp3) is 0.194. The Kier molecular flexibility index (Phi) is 7.00. The van der Waals surface area contributed by atoms with Crippen molar-refractivity contribution >= 4 is 45.2 Å². The van der Waals surface area contributed by atoms with Gasteiger partial charge in [0.05, 0.1) is 37.8 Å². The molecule has 0 aromatic heterocycles. The first-order valence-corrected chi connectivity index (χ1v) is 15.2. The molecule has 4 aromatic rings. The molecule has 8 nitrogen and oxygen atoms in total. The van der Waals surface area contributed by atoms with E-state index in [1.807, 2.05) is 65.7 Å². The van der Waals surface area contributed by atoms with Crippen LogP contribution in [-0.2, 0) is 10.2 Å². The van der Waals surface area contributed by atoms with Gasteiger partial charge in [-0.2, -0.15) is 0 Å². The maximum Gasteiger partial charge on any atom is 0.238 e. The summed E-state index contributed by atoms with van der Waals surface area (Å²) in [6, 6.07) is 23.6. The highest BCUT2D eigenvalue weighted by Gasteiger charge is 2.70. The lowest BCUT2D eigenvalue weighted by Gasteiger charge is -2.38. The van der Waals surface area contributed by atoms with Crippen LogP contribution in [0.5, 0.6) is 17.2 Å². The number of halogens is 1. The van der Waals surface area contributed by atoms with Gasteiger partial charge in [-0.25, -0.2) is 0 Å². The number of amides is 1. The Morgan fingerprint density at radius 1 is 0.800 bits per heavy atom. The highest BCUT2D eigenvalue weighted by Crippen LogP contribution is 2.62. The minimum atomic E-state index is -1.44. The molecule has 0 unspecified atom stereocenters. The molecule has 0 radical (unpaired) electrons. The molecular formula is C36H29BrN2O6. The van der Waals surface area contributed by atoms with E-state index in [2.05, 4.69) is 21.2 Å². The number of Topliss-reactive ketones (excluding diaryl/α,β-unsaturated/α-hetero) is 2. The number of para-hydroxylation sites is 1. The zero-order valence-corrected chi connectivity index (χ0v) is 26.3. The lowest BCUT2D eigenvalue weighted by molar-refractivity contribution is -0.122. The summed E-state index contributed by atoms with van der Waals surface area (Å²) in [5.74, 6) is -0.682. The quantitative estimate of drug-likeness (QED) is 0.227. The largest absolute Gasteiger partial charge is 0.496 e. The van der Waals surface area contributed by atoms with Crippen molar-refractivity contribution in [1.82, 2.24) is 4.90 Å². The van der Waals surface area contributed by atoms with Crippen molar-refractivity contribution in [2.24, 2.45) is 5.92 Å². The van der Waals surface area contributed by atoms with Crippen molar-refractivity contribution in [3.8, 4) is 17.2 Å². The van der Waals surface area contributed by atoms with E-state index in [9.17, 15) is 9.59 Å². The van der Waals surface area contributed by atoms with Crippen LogP contribution < -0.4 is 19.5 Å². The van der Waals surface area contributed by atoms with Crippen molar-refractivity contribution in [3.05, 3.63) is 123 Å². The molecule has 0 saturated carbocycles. The molecule has 45 heavy (non-hydrogen) atoms. The van der Waals surface area contributed by atoms with Crippen molar-refractivity contribution in [3.63, 3.8) is 0 Å². The zero-order chi connectivity index (χ0) is 31.5. The van der Waals surface area contributed by atoms with E-state index >= 15 is 4.79 Å². The van der Waals surface area contributed by atoms with Gasteiger partial charge in [-0.3, -0.25) is 14.4 Å². The monoisotopic (exact) mass is 664 g/mol. The standard InChI is InChI=1S/C36H29BrN2O6/c1-43-27-14-12-21(18-25(27)37)33(41)31-30(32(40)22-13-15-28(44-2)29(19-22)45-3)36(24-10-6-7-11-26(24)38-35(36)42)34-23-9-5-4-8-20(23)16-17-39(31)34/h4-19,30-31,34H,1-3H3,(H,38,42)/t30-,31+,34+,36+/m0/s1. The van der Waals surface area contributed by atoms with E-state index in [-0.39, 0.29) is 17.5 Å². The van der Waals surface area contributed by atoms with Crippen LogP contribution in [0.3, 0.4) is 0 Å². The van der Waals surface area contributed by atoms with Crippen LogP contribution in [0.4, 0.5) is 5.69 Å². The number of nitrogens with zero attached hydrogens (tertiary/aromatic N) is 1. The number of benzene rings is 4. The predicted octanol–water partition coefficient (Wildman–Crippen LogP) is 6.46. The Labute approximate surface area is 268 Å². The van der Waals surface area contributed by atoms with Crippen molar-refractivity contribution in [1.29, 1.82) is 0 Å². The van der Waals surface area contributed by atoms with Gasteiger partial charge >= 0.3 is 0 Å². The lowest BCUT2D eigenvalue weighted by atomic mass is 9.62. The van der Waals surface area contributed by atoms with Crippen LogP contribution in [0.2, 0.25) is 0 Å². The molecule has 226 valence electrons. The van der Waals surface area contributed by atoms with Gasteiger partial charge < -0.3 is 24.4 Å². The summed E-state index contributed by atoms with van der Waals surface area (Å²) in [7, 11) is 4.57. The van der Waals surface area contributed by atoms with Gasteiger partial charge in [-0.1, -0.05) is 42.5 Å². The third kappa shape index (κ3) is 4.14. The first kappa shape index (κ1) is 28.9. The molecule has 3 aliphatic heterocycles. The van der Waals surface area contributed by atoms with Gasteiger partial charge in [-0.05, 0) is 81.2 Å². The summed E-state index contributed by atoms with van der Waals surface area (Å²) >= 11 is 3.51. The van der Waals surface area contributed by atoms with E-state index in [0.29, 0.717) is 44.1 Å². The first-order chi connectivity index (χ1) is 21.8. The van der Waals surface area contributed by atoms with E-state index in [1.54, 1.807) is 43.5 Å². The van der Waals surface area contributed by atoms with Crippen molar-refractivity contribution in [2.75, 3.05) is 26.6 Å². The van der Waals surface area contributed by atoms with Crippen molar-refractivity contribution in [2.45, 2.75) is 17.5 Å². The van der Waals surface area contributed by atoms with Gasteiger partial charge in [0.25, 0.3) is 0 Å². The highest BCUT2D eigenvalue weighted by atomic mass is 79.9. The maximum atomic E-state index is 15.1. The molecule has 1 spiro atoms. The normalized spacial score (nSPS) is 22.4. The molecule has 3 heterocycles. The first-order valence-electron chi connectivity index (χ1n) is 14.4. The Morgan fingerprint density at radius 2 is 1.47 bits per heavy atom. The second kappa shape index (κ2) is 10.9. The average Bonchev–Trinajstić information content (AvgIpc) is 3.55.